The molecule has 3 rings (SSSR count). The minimum absolute atomic E-state index is 0.249. The Balaban J connectivity index is 1.56. The van der Waals surface area contributed by atoms with Crippen molar-refractivity contribution in [2.75, 3.05) is 13.1 Å². The number of nitrogens with two attached hydrogens (primary N) is 1. The van der Waals surface area contributed by atoms with Gasteiger partial charge in [-0.25, -0.2) is 19.0 Å². The molecule has 6 nitrogen and oxygen atoms in total. The van der Waals surface area contributed by atoms with E-state index in [1.54, 1.807) is 17.1 Å². The van der Waals surface area contributed by atoms with E-state index in [1.165, 1.54) is 12.1 Å². The van der Waals surface area contributed by atoms with E-state index in [4.69, 9.17) is 5.73 Å². The molecule has 0 bridgehead atoms. The van der Waals surface area contributed by atoms with Crippen LogP contribution >= 0.6 is 0 Å². The fourth-order valence-corrected chi connectivity index (χ4v) is 2.79. The molecule has 1 aromatic carbocycles. The van der Waals surface area contributed by atoms with E-state index in [9.17, 15) is 4.39 Å². The Labute approximate surface area is 141 Å². The van der Waals surface area contributed by atoms with Gasteiger partial charge in [-0.2, -0.15) is 5.10 Å². The molecule has 1 aliphatic heterocycles. The minimum atomic E-state index is -0.249. The Hall–Kier alpha value is -2.44. The highest BCUT2D eigenvalue weighted by atomic mass is 19.1. The predicted molar refractivity (Wildman–Crippen MR) is 90.8 cm³/mol. The van der Waals surface area contributed by atoms with E-state index in [1.807, 2.05) is 6.07 Å². The largest absolute Gasteiger partial charge is 0.370 e. The molecule has 1 fully saturated rings. The first kappa shape index (κ1) is 16.4. The van der Waals surface area contributed by atoms with Crippen molar-refractivity contribution in [1.29, 1.82) is 0 Å². The van der Waals surface area contributed by atoms with E-state index in [0.29, 0.717) is 24.9 Å². The van der Waals surface area contributed by atoms with Crippen LogP contribution in [0.25, 0.3) is 0 Å². The highest BCUT2D eigenvalue weighted by Gasteiger charge is 2.17. The highest BCUT2D eigenvalue weighted by molar-refractivity contribution is 5.78. The summed E-state index contributed by atoms with van der Waals surface area (Å²) >= 11 is 0. The van der Waals surface area contributed by atoms with Crippen molar-refractivity contribution in [3.8, 4) is 0 Å². The van der Waals surface area contributed by atoms with Crippen LogP contribution in [0.3, 0.4) is 0 Å². The van der Waals surface area contributed by atoms with Crippen molar-refractivity contribution in [2.24, 2.45) is 16.6 Å². The van der Waals surface area contributed by atoms with Crippen LogP contribution in [0.4, 0.5) is 4.39 Å². The van der Waals surface area contributed by atoms with Gasteiger partial charge in [0.2, 0.25) is 0 Å². The van der Waals surface area contributed by atoms with Gasteiger partial charge in [0.1, 0.15) is 18.7 Å². The second-order valence-corrected chi connectivity index (χ2v) is 6.33. The van der Waals surface area contributed by atoms with Crippen LogP contribution in [0, 0.1) is 11.7 Å². The number of halogens is 1. The fourth-order valence-electron chi connectivity index (χ4n) is 2.79. The number of rotatable bonds is 4. The normalized spacial score (nSPS) is 16.6. The van der Waals surface area contributed by atoms with Crippen molar-refractivity contribution in [3.63, 3.8) is 0 Å². The van der Waals surface area contributed by atoms with Crippen LogP contribution in [-0.4, -0.2) is 38.7 Å². The lowest BCUT2D eigenvalue weighted by Gasteiger charge is -2.30. The summed E-state index contributed by atoms with van der Waals surface area (Å²) in [6.07, 6.45) is 3.93. The molecule has 1 aromatic heterocycles. The van der Waals surface area contributed by atoms with Crippen LogP contribution in [0.15, 0.2) is 35.6 Å². The summed E-state index contributed by atoms with van der Waals surface area (Å²) in [6.45, 7) is 5.01. The quantitative estimate of drug-likeness (QED) is 0.687. The third kappa shape index (κ3) is 4.31. The van der Waals surface area contributed by atoms with Crippen molar-refractivity contribution < 1.29 is 4.39 Å². The summed E-state index contributed by atoms with van der Waals surface area (Å²) in [6, 6.07) is 6.47. The van der Waals surface area contributed by atoms with Crippen molar-refractivity contribution in [2.45, 2.75) is 32.9 Å². The molecule has 2 aromatic rings. The van der Waals surface area contributed by atoms with Crippen molar-refractivity contribution in [1.82, 2.24) is 19.7 Å². The summed E-state index contributed by atoms with van der Waals surface area (Å²) in [5, 5.41) is 4.37. The molecule has 0 radical (unpaired) electrons. The standard InChI is InChI=1S/C17H23FN6/c1-13-5-7-23(8-6-13)17(19)20-10-16-21-12-24(22-16)11-14-3-2-4-15(18)9-14/h2-4,9,12-13H,5-8,10-11H2,1H3,(H2,19,20). The number of guanidine groups is 1. The van der Waals surface area contributed by atoms with Crippen LogP contribution < -0.4 is 5.73 Å². The highest BCUT2D eigenvalue weighted by Crippen LogP contribution is 2.15. The van der Waals surface area contributed by atoms with Gasteiger partial charge in [0, 0.05) is 13.1 Å². The molecule has 0 aliphatic carbocycles. The van der Waals surface area contributed by atoms with Gasteiger partial charge in [0.15, 0.2) is 11.8 Å². The van der Waals surface area contributed by atoms with Crippen molar-refractivity contribution >= 4 is 5.96 Å². The van der Waals surface area contributed by atoms with E-state index >= 15 is 0 Å². The average Bonchev–Trinajstić information content (AvgIpc) is 3.01. The third-order valence-corrected chi connectivity index (χ3v) is 4.31. The van der Waals surface area contributed by atoms with E-state index in [0.717, 1.165) is 37.4 Å². The first-order chi connectivity index (χ1) is 11.6. The van der Waals surface area contributed by atoms with Gasteiger partial charge in [-0.05, 0) is 36.5 Å². The van der Waals surface area contributed by atoms with Gasteiger partial charge in [-0.15, -0.1) is 0 Å². The number of aromatic nitrogens is 3. The summed E-state index contributed by atoms with van der Waals surface area (Å²) < 4.78 is 14.9. The van der Waals surface area contributed by atoms with Gasteiger partial charge in [-0.3, -0.25) is 0 Å². The monoisotopic (exact) mass is 330 g/mol. The molecule has 0 unspecified atom stereocenters. The predicted octanol–water partition coefficient (Wildman–Crippen LogP) is 2.01. The lowest BCUT2D eigenvalue weighted by Crippen LogP contribution is -2.42. The average molecular weight is 330 g/mol. The number of benzene rings is 1. The topological polar surface area (TPSA) is 72.3 Å². The molecule has 0 spiro atoms. The zero-order chi connectivity index (χ0) is 16.9. The maximum absolute atomic E-state index is 13.2. The molecular weight excluding hydrogens is 307 g/mol. The van der Waals surface area contributed by atoms with Crippen LogP contribution in [0.2, 0.25) is 0 Å². The molecule has 0 amide bonds. The number of hydrogen-bond donors (Lipinski definition) is 1. The molecule has 1 aliphatic rings. The maximum atomic E-state index is 13.2. The Morgan fingerprint density at radius 3 is 2.92 bits per heavy atom. The van der Waals surface area contributed by atoms with Gasteiger partial charge < -0.3 is 10.6 Å². The zero-order valence-electron chi connectivity index (χ0n) is 13.9. The van der Waals surface area contributed by atoms with Crippen molar-refractivity contribution in [3.05, 3.63) is 47.8 Å². The van der Waals surface area contributed by atoms with E-state index in [2.05, 4.69) is 26.9 Å². The molecule has 0 atom stereocenters. The Bertz CT molecular complexity index is 703. The first-order valence-electron chi connectivity index (χ1n) is 8.28. The molecule has 7 heteroatoms. The number of hydrogen-bond acceptors (Lipinski definition) is 3. The minimum Gasteiger partial charge on any atom is -0.370 e. The van der Waals surface area contributed by atoms with Crippen LogP contribution in [0.1, 0.15) is 31.2 Å². The van der Waals surface area contributed by atoms with Gasteiger partial charge >= 0.3 is 0 Å². The fraction of sp³-hybridized carbons (Fsp3) is 0.471. The van der Waals surface area contributed by atoms with Crippen LogP contribution in [-0.2, 0) is 13.1 Å². The third-order valence-electron chi connectivity index (χ3n) is 4.31. The summed E-state index contributed by atoms with van der Waals surface area (Å²) in [4.78, 5) is 10.8. The molecule has 2 N–H and O–H groups in total. The summed E-state index contributed by atoms with van der Waals surface area (Å²) in [7, 11) is 0. The number of nitrogens with zero attached hydrogens (tertiary/aromatic N) is 5. The summed E-state index contributed by atoms with van der Waals surface area (Å²) in [5.41, 5.74) is 6.90. The summed E-state index contributed by atoms with van der Waals surface area (Å²) in [5.74, 6) is 1.68. The van der Waals surface area contributed by atoms with E-state index in [-0.39, 0.29) is 5.82 Å². The lowest BCUT2D eigenvalue weighted by molar-refractivity contribution is 0.277. The van der Waals surface area contributed by atoms with Gasteiger partial charge in [-0.1, -0.05) is 19.1 Å². The Morgan fingerprint density at radius 2 is 2.17 bits per heavy atom. The Kier molecular flexibility index (Phi) is 5.08. The molecule has 24 heavy (non-hydrogen) atoms. The number of aliphatic imine (C=N–C) groups is 1. The van der Waals surface area contributed by atoms with Gasteiger partial charge in [0.25, 0.3) is 0 Å². The number of piperidine rings is 1. The van der Waals surface area contributed by atoms with E-state index < -0.39 is 0 Å². The Morgan fingerprint density at radius 1 is 1.38 bits per heavy atom. The molecule has 128 valence electrons. The molecule has 0 saturated carbocycles. The molecular formula is C17H23FN6. The second kappa shape index (κ2) is 7.42. The number of likely N-dealkylation sites (tertiary alicyclic amines) is 1. The molecule has 1 saturated heterocycles. The molecule has 2 heterocycles. The smallest absolute Gasteiger partial charge is 0.191 e. The van der Waals surface area contributed by atoms with Crippen LogP contribution in [0.5, 0.6) is 0 Å². The lowest BCUT2D eigenvalue weighted by atomic mass is 10.00. The maximum Gasteiger partial charge on any atom is 0.191 e. The first-order valence-corrected chi connectivity index (χ1v) is 8.28. The van der Waals surface area contributed by atoms with Gasteiger partial charge in [0.05, 0.1) is 6.54 Å². The SMILES string of the molecule is CC1CCN(C(N)=NCc2ncn(Cc3cccc(F)c3)n2)CC1. The second-order valence-electron chi connectivity index (χ2n) is 6.33. The zero-order valence-corrected chi connectivity index (χ0v) is 13.9.